The molecule has 1 saturated heterocycles. The summed E-state index contributed by atoms with van der Waals surface area (Å²) in [6.45, 7) is 4.62. The summed E-state index contributed by atoms with van der Waals surface area (Å²) in [5, 5.41) is 3.09. The van der Waals surface area contributed by atoms with Crippen molar-refractivity contribution in [3.8, 4) is 0 Å². The number of carbonyl (C=O) groups is 1. The van der Waals surface area contributed by atoms with Crippen molar-refractivity contribution in [2.24, 2.45) is 5.92 Å². The second kappa shape index (κ2) is 5.35. The number of ether oxygens (including phenoxy) is 1. The van der Waals surface area contributed by atoms with Gasteiger partial charge in [-0.25, -0.2) is 8.42 Å². The molecule has 1 atom stereocenters. The number of hydrogen-bond acceptors (Lipinski definition) is 5. The van der Waals surface area contributed by atoms with Gasteiger partial charge in [-0.15, -0.1) is 0 Å². The van der Waals surface area contributed by atoms with E-state index in [2.05, 4.69) is 5.32 Å². The minimum absolute atomic E-state index is 0.153. The molecule has 1 unspecified atom stereocenters. The van der Waals surface area contributed by atoms with E-state index in [0.29, 0.717) is 25.3 Å². The van der Waals surface area contributed by atoms with E-state index < -0.39 is 21.3 Å². The minimum atomic E-state index is -3.16. The summed E-state index contributed by atoms with van der Waals surface area (Å²) in [5.74, 6) is -0.114. The van der Waals surface area contributed by atoms with Crippen molar-refractivity contribution in [3.63, 3.8) is 0 Å². The van der Waals surface area contributed by atoms with Gasteiger partial charge in [0.05, 0.1) is 18.6 Å². The van der Waals surface area contributed by atoms with Crippen LogP contribution < -0.4 is 5.32 Å². The average Bonchev–Trinajstić information content (AvgIpc) is 2.24. The predicted octanol–water partition coefficient (Wildman–Crippen LogP) is 0.352. The minimum Gasteiger partial charge on any atom is -0.468 e. The Morgan fingerprint density at radius 1 is 1.47 bits per heavy atom. The standard InChI is InChI=1S/C11H21NO4S/c1-9(2)7-12-11(10(13)16-3)5-4-6-17(14,15)8-11/h9,12H,4-8H2,1-3H3. The van der Waals surface area contributed by atoms with E-state index in [9.17, 15) is 13.2 Å². The first-order valence-electron chi connectivity index (χ1n) is 5.85. The second-order valence-corrected chi connectivity index (χ2v) is 7.23. The first kappa shape index (κ1) is 14.4. The lowest BCUT2D eigenvalue weighted by molar-refractivity contribution is -0.148. The SMILES string of the molecule is COC(=O)C1(NCC(C)C)CCCS(=O)(=O)C1. The molecule has 100 valence electrons. The van der Waals surface area contributed by atoms with Gasteiger partial charge < -0.3 is 10.1 Å². The summed E-state index contributed by atoms with van der Waals surface area (Å²) >= 11 is 0. The Morgan fingerprint density at radius 3 is 2.59 bits per heavy atom. The van der Waals surface area contributed by atoms with E-state index >= 15 is 0 Å². The molecule has 0 aromatic carbocycles. The molecule has 1 aliphatic heterocycles. The van der Waals surface area contributed by atoms with Gasteiger partial charge in [-0.05, 0) is 25.3 Å². The molecular weight excluding hydrogens is 242 g/mol. The maximum Gasteiger partial charge on any atom is 0.327 e. The largest absolute Gasteiger partial charge is 0.468 e. The molecule has 1 heterocycles. The molecule has 6 heteroatoms. The van der Waals surface area contributed by atoms with Crippen molar-refractivity contribution in [1.29, 1.82) is 0 Å². The van der Waals surface area contributed by atoms with Crippen molar-refractivity contribution in [1.82, 2.24) is 5.32 Å². The summed E-state index contributed by atoms with van der Waals surface area (Å²) in [5.41, 5.74) is -1.05. The molecule has 1 aliphatic rings. The van der Waals surface area contributed by atoms with Crippen LogP contribution in [0.1, 0.15) is 26.7 Å². The zero-order valence-electron chi connectivity index (χ0n) is 10.7. The summed E-state index contributed by atoms with van der Waals surface area (Å²) in [7, 11) is -1.86. The summed E-state index contributed by atoms with van der Waals surface area (Å²) in [4.78, 5) is 11.8. The average molecular weight is 263 g/mol. The van der Waals surface area contributed by atoms with Crippen molar-refractivity contribution in [2.45, 2.75) is 32.2 Å². The fraction of sp³-hybridized carbons (Fsp3) is 0.909. The molecule has 1 rings (SSSR count). The fourth-order valence-electron chi connectivity index (χ4n) is 2.08. The van der Waals surface area contributed by atoms with Gasteiger partial charge in [0, 0.05) is 0 Å². The number of hydrogen-bond donors (Lipinski definition) is 1. The third-order valence-electron chi connectivity index (χ3n) is 2.95. The van der Waals surface area contributed by atoms with Crippen molar-refractivity contribution >= 4 is 15.8 Å². The van der Waals surface area contributed by atoms with Gasteiger partial charge in [0.1, 0.15) is 5.54 Å². The van der Waals surface area contributed by atoms with Crippen LogP contribution in [0.3, 0.4) is 0 Å². The Balaban J connectivity index is 2.89. The molecule has 0 amide bonds. The third kappa shape index (κ3) is 3.67. The van der Waals surface area contributed by atoms with Crippen LogP contribution in [0.4, 0.5) is 0 Å². The van der Waals surface area contributed by atoms with Crippen LogP contribution in [0.15, 0.2) is 0 Å². The Labute approximate surface area is 103 Å². The lowest BCUT2D eigenvalue weighted by atomic mass is 9.94. The maximum atomic E-state index is 11.8. The topological polar surface area (TPSA) is 72.5 Å². The Bertz CT molecular complexity index is 377. The molecule has 17 heavy (non-hydrogen) atoms. The number of esters is 1. The molecular formula is C11H21NO4S. The number of rotatable bonds is 4. The van der Waals surface area contributed by atoms with Crippen LogP contribution in [0.25, 0.3) is 0 Å². The lowest BCUT2D eigenvalue weighted by Gasteiger charge is -2.35. The molecule has 0 aromatic heterocycles. The summed E-state index contributed by atoms with van der Waals surface area (Å²) < 4.78 is 28.1. The molecule has 1 N–H and O–H groups in total. The zero-order valence-corrected chi connectivity index (χ0v) is 11.5. The monoisotopic (exact) mass is 263 g/mol. The van der Waals surface area contributed by atoms with Gasteiger partial charge in [0.2, 0.25) is 0 Å². The normalized spacial score (nSPS) is 28.0. The second-order valence-electron chi connectivity index (χ2n) is 5.04. The van der Waals surface area contributed by atoms with Crippen molar-refractivity contribution in [2.75, 3.05) is 25.2 Å². The Kier molecular flexibility index (Phi) is 4.55. The van der Waals surface area contributed by atoms with E-state index in [1.165, 1.54) is 7.11 Å². The highest BCUT2D eigenvalue weighted by Crippen LogP contribution is 2.24. The van der Waals surface area contributed by atoms with E-state index in [-0.39, 0.29) is 11.5 Å². The predicted molar refractivity (Wildman–Crippen MR) is 65.5 cm³/mol. The van der Waals surface area contributed by atoms with Crippen molar-refractivity contribution in [3.05, 3.63) is 0 Å². The van der Waals surface area contributed by atoms with E-state index in [0.717, 1.165) is 0 Å². The molecule has 0 aromatic rings. The molecule has 1 fully saturated rings. The third-order valence-corrected chi connectivity index (χ3v) is 4.79. The first-order valence-corrected chi connectivity index (χ1v) is 7.67. The number of carbonyl (C=O) groups excluding carboxylic acids is 1. The van der Waals surface area contributed by atoms with E-state index in [1.54, 1.807) is 0 Å². The van der Waals surface area contributed by atoms with E-state index in [4.69, 9.17) is 4.74 Å². The van der Waals surface area contributed by atoms with E-state index in [1.807, 2.05) is 13.8 Å². The van der Waals surface area contributed by atoms with Gasteiger partial charge in [-0.2, -0.15) is 0 Å². The highest BCUT2D eigenvalue weighted by molar-refractivity contribution is 7.91. The molecule has 0 spiro atoms. The van der Waals surface area contributed by atoms with Crippen LogP contribution in [-0.2, 0) is 19.4 Å². The van der Waals surface area contributed by atoms with Gasteiger partial charge in [-0.3, -0.25) is 4.79 Å². The lowest BCUT2D eigenvalue weighted by Crippen LogP contribution is -2.60. The van der Waals surface area contributed by atoms with Crippen LogP contribution in [-0.4, -0.2) is 45.1 Å². The fourth-order valence-corrected chi connectivity index (χ4v) is 3.92. The van der Waals surface area contributed by atoms with Gasteiger partial charge >= 0.3 is 5.97 Å². The highest BCUT2D eigenvalue weighted by atomic mass is 32.2. The van der Waals surface area contributed by atoms with Crippen LogP contribution in [0.2, 0.25) is 0 Å². The zero-order chi connectivity index (χ0) is 13.1. The Hall–Kier alpha value is -0.620. The summed E-state index contributed by atoms with van der Waals surface area (Å²) in [6, 6.07) is 0. The molecule has 0 bridgehead atoms. The van der Waals surface area contributed by atoms with Crippen LogP contribution >= 0.6 is 0 Å². The number of sulfone groups is 1. The molecule has 0 aliphatic carbocycles. The van der Waals surface area contributed by atoms with Gasteiger partial charge in [0.15, 0.2) is 9.84 Å². The highest BCUT2D eigenvalue weighted by Gasteiger charge is 2.45. The maximum absolute atomic E-state index is 11.8. The smallest absolute Gasteiger partial charge is 0.327 e. The van der Waals surface area contributed by atoms with Crippen molar-refractivity contribution < 1.29 is 17.9 Å². The van der Waals surface area contributed by atoms with Gasteiger partial charge in [0.25, 0.3) is 0 Å². The quantitative estimate of drug-likeness (QED) is 0.741. The molecule has 5 nitrogen and oxygen atoms in total. The first-order chi connectivity index (χ1) is 7.81. The molecule has 0 radical (unpaired) electrons. The number of methoxy groups -OCH3 is 1. The Morgan fingerprint density at radius 2 is 2.12 bits per heavy atom. The summed E-state index contributed by atoms with van der Waals surface area (Å²) in [6.07, 6.45) is 1.02. The van der Waals surface area contributed by atoms with Crippen LogP contribution in [0.5, 0.6) is 0 Å². The van der Waals surface area contributed by atoms with Crippen LogP contribution in [0, 0.1) is 5.92 Å². The number of nitrogens with one attached hydrogen (secondary N) is 1. The van der Waals surface area contributed by atoms with Gasteiger partial charge in [-0.1, -0.05) is 13.8 Å². The molecule has 0 saturated carbocycles.